The zero-order valence-corrected chi connectivity index (χ0v) is 15.4. The largest absolute Gasteiger partial charge is 0.478 e. The molecule has 0 heterocycles. The SMILES string of the molecule is C=C(CC(=O)NCCNC(=O)C(C)(CC(C)(C)C)C(=C)C)C(=O)O. The molecule has 0 aliphatic rings. The summed E-state index contributed by atoms with van der Waals surface area (Å²) in [6.45, 7) is 17.6. The number of nitrogens with one attached hydrogen (secondary N) is 2. The molecule has 0 fully saturated rings. The molecule has 0 aromatic heterocycles. The van der Waals surface area contributed by atoms with E-state index in [1.54, 1.807) is 0 Å². The molecule has 1 unspecified atom stereocenters. The summed E-state index contributed by atoms with van der Waals surface area (Å²) < 4.78 is 0. The van der Waals surface area contributed by atoms with Gasteiger partial charge in [-0.15, -0.1) is 0 Å². The van der Waals surface area contributed by atoms with Gasteiger partial charge in [0.05, 0.1) is 11.8 Å². The highest BCUT2D eigenvalue weighted by Gasteiger charge is 2.37. The van der Waals surface area contributed by atoms with Crippen molar-refractivity contribution in [3.05, 3.63) is 24.3 Å². The number of rotatable bonds is 9. The lowest BCUT2D eigenvalue weighted by Gasteiger charge is -2.35. The number of carbonyl (C=O) groups is 3. The third-order valence-electron chi connectivity index (χ3n) is 3.74. The van der Waals surface area contributed by atoms with E-state index < -0.39 is 17.3 Å². The number of aliphatic carboxylic acids is 1. The third-order valence-corrected chi connectivity index (χ3v) is 3.74. The van der Waals surface area contributed by atoms with E-state index in [4.69, 9.17) is 5.11 Å². The first-order valence-electron chi connectivity index (χ1n) is 7.91. The van der Waals surface area contributed by atoms with Crippen molar-refractivity contribution in [2.75, 3.05) is 13.1 Å². The number of carboxylic acid groups (broad SMARTS) is 1. The van der Waals surface area contributed by atoms with Gasteiger partial charge in [-0.3, -0.25) is 9.59 Å². The lowest BCUT2D eigenvalue weighted by molar-refractivity contribution is -0.134. The predicted octanol–water partition coefficient (Wildman–Crippen LogP) is 2.27. The van der Waals surface area contributed by atoms with Crippen LogP contribution in [0, 0.1) is 10.8 Å². The van der Waals surface area contributed by atoms with E-state index in [0.29, 0.717) is 6.42 Å². The third kappa shape index (κ3) is 7.44. The Bertz CT molecular complexity index is 532. The molecule has 136 valence electrons. The molecule has 6 nitrogen and oxygen atoms in total. The zero-order valence-electron chi connectivity index (χ0n) is 15.4. The van der Waals surface area contributed by atoms with Gasteiger partial charge in [-0.2, -0.15) is 0 Å². The molecule has 0 rings (SSSR count). The molecule has 0 aliphatic carbocycles. The molecule has 0 aromatic rings. The van der Waals surface area contributed by atoms with Crippen LogP contribution in [-0.2, 0) is 14.4 Å². The Labute approximate surface area is 144 Å². The number of carboxylic acids is 1. The van der Waals surface area contributed by atoms with E-state index in [0.717, 1.165) is 5.57 Å². The van der Waals surface area contributed by atoms with Gasteiger partial charge < -0.3 is 15.7 Å². The summed E-state index contributed by atoms with van der Waals surface area (Å²) in [6.07, 6.45) is 0.392. The van der Waals surface area contributed by atoms with E-state index >= 15 is 0 Å². The zero-order chi connectivity index (χ0) is 19.1. The Morgan fingerprint density at radius 1 is 1.00 bits per heavy atom. The second-order valence-electron chi connectivity index (χ2n) is 7.54. The first-order valence-corrected chi connectivity index (χ1v) is 7.91. The molecule has 0 aliphatic heterocycles. The molecule has 2 amide bonds. The quantitative estimate of drug-likeness (QED) is 0.341. The van der Waals surface area contributed by atoms with E-state index in [1.807, 2.05) is 13.8 Å². The van der Waals surface area contributed by atoms with Crippen LogP contribution in [0.1, 0.15) is 47.5 Å². The Balaban J connectivity index is 4.46. The Hall–Kier alpha value is -2.11. The minimum atomic E-state index is -1.20. The fourth-order valence-corrected chi connectivity index (χ4v) is 2.39. The first-order chi connectivity index (χ1) is 10.8. The average molecular weight is 338 g/mol. The molecule has 0 radical (unpaired) electrons. The fraction of sp³-hybridized carbons (Fsp3) is 0.611. The van der Waals surface area contributed by atoms with Gasteiger partial charge in [0.15, 0.2) is 0 Å². The van der Waals surface area contributed by atoms with Gasteiger partial charge >= 0.3 is 5.97 Å². The predicted molar refractivity (Wildman–Crippen MR) is 94.4 cm³/mol. The number of carbonyl (C=O) groups excluding carboxylic acids is 2. The highest BCUT2D eigenvalue weighted by atomic mass is 16.4. The lowest BCUT2D eigenvalue weighted by Crippen LogP contribution is -2.44. The van der Waals surface area contributed by atoms with Crippen molar-refractivity contribution < 1.29 is 19.5 Å². The summed E-state index contributed by atoms with van der Waals surface area (Å²) in [5.74, 6) is -1.76. The van der Waals surface area contributed by atoms with Gasteiger partial charge in [0.1, 0.15) is 0 Å². The summed E-state index contributed by atoms with van der Waals surface area (Å²) in [5, 5.41) is 14.0. The minimum Gasteiger partial charge on any atom is -0.478 e. The molecular weight excluding hydrogens is 308 g/mol. The summed E-state index contributed by atoms with van der Waals surface area (Å²) in [4.78, 5) is 34.7. The molecule has 0 spiro atoms. The van der Waals surface area contributed by atoms with Crippen molar-refractivity contribution in [1.29, 1.82) is 0 Å². The van der Waals surface area contributed by atoms with Crippen molar-refractivity contribution in [1.82, 2.24) is 10.6 Å². The molecule has 0 aromatic carbocycles. The summed E-state index contributed by atoms with van der Waals surface area (Å²) >= 11 is 0. The van der Waals surface area contributed by atoms with Crippen LogP contribution < -0.4 is 10.6 Å². The number of amides is 2. The van der Waals surface area contributed by atoms with Gasteiger partial charge in [0.2, 0.25) is 11.8 Å². The second-order valence-corrected chi connectivity index (χ2v) is 7.54. The highest BCUT2D eigenvalue weighted by Crippen LogP contribution is 2.38. The monoisotopic (exact) mass is 338 g/mol. The average Bonchev–Trinajstić information content (AvgIpc) is 2.40. The topological polar surface area (TPSA) is 95.5 Å². The van der Waals surface area contributed by atoms with Crippen LogP contribution in [0.25, 0.3) is 0 Å². The van der Waals surface area contributed by atoms with Crippen LogP contribution in [0.5, 0.6) is 0 Å². The first kappa shape index (κ1) is 21.9. The maximum Gasteiger partial charge on any atom is 0.331 e. The van der Waals surface area contributed by atoms with Crippen LogP contribution in [0.4, 0.5) is 0 Å². The van der Waals surface area contributed by atoms with Gasteiger partial charge in [0, 0.05) is 18.7 Å². The molecule has 0 bridgehead atoms. The van der Waals surface area contributed by atoms with Gasteiger partial charge in [-0.1, -0.05) is 39.5 Å². The van der Waals surface area contributed by atoms with E-state index in [9.17, 15) is 14.4 Å². The number of hydrogen-bond acceptors (Lipinski definition) is 3. The Morgan fingerprint density at radius 3 is 1.92 bits per heavy atom. The summed E-state index contributed by atoms with van der Waals surface area (Å²) in [6, 6.07) is 0. The van der Waals surface area contributed by atoms with Crippen molar-refractivity contribution in [3.63, 3.8) is 0 Å². The van der Waals surface area contributed by atoms with Crippen LogP contribution in [0.2, 0.25) is 0 Å². The van der Waals surface area contributed by atoms with Gasteiger partial charge in [-0.25, -0.2) is 4.79 Å². The van der Waals surface area contributed by atoms with Crippen molar-refractivity contribution >= 4 is 17.8 Å². The molecule has 24 heavy (non-hydrogen) atoms. The molecule has 1 atom stereocenters. The van der Waals surface area contributed by atoms with Crippen LogP contribution in [-0.4, -0.2) is 36.0 Å². The highest BCUT2D eigenvalue weighted by molar-refractivity contribution is 5.93. The van der Waals surface area contributed by atoms with E-state index in [2.05, 4.69) is 44.6 Å². The van der Waals surface area contributed by atoms with Crippen LogP contribution in [0.3, 0.4) is 0 Å². The van der Waals surface area contributed by atoms with Crippen molar-refractivity contribution in [3.8, 4) is 0 Å². The second kappa shape index (κ2) is 8.66. The number of hydrogen-bond donors (Lipinski definition) is 3. The van der Waals surface area contributed by atoms with Gasteiger partial charge in [-0.05, 0) is 25.7 Å². The molecule has 6 heteroatoms. The molecule has 3 N–H and O–H groups in total. The fourth-order valence-electron chi connectivity index (χ4n) is 2.39. The van der Waals surface area contributed by atoms with Crippen molar-refractivity contribution in [2.24, 2.45) is 10.8 Å². The van der Waals surface area contributed by atoms with Gasteiger partial charge in [0.25, 0.3) is 0 Å². The molecule has 0 saturated carbocycles. The Kier molecular flexibility index (Phi) is 7.90. The van der Waals surface area contributed by atoms with Crippen molar-refractivity contribution in [2.45, 2.75) is 47.5 Å². The van der Waals surface area contributed by atoms with Crippen LogP contribution in [0.15, 0.2) is 24.3 Å². The maximum atomic E-state index is 12.5. The van der Waals surface area contributed by atoms with E-state index in [-0.39, 0.29) is 36.4 Å². The minimum absolute atomic E-state index is 0.0313. The lowest BCUT2D eigenvalue weighted by atomic mass is 9.71. The molecular formula is C18H30N2O4. The summed E-state index contributed by atoms with van der Waals surface area (Å²) in [5.41, 5.74) is -0.0932. The van der Waals surface area contributed by atoms with Crippen LogP contribution >= 0.6 is 0 Å². The summed E-state index contributed by atoms with van der Waals surface area (Å²) in [7, 11) is 0. The Morgan fingerprint density at radius 2 is 1.50 bits per heavy atom. The standard InChI is InChI=1S/C18H30N2O4/c1-12(2)18(7,11-17(4,5)6)16(24)20-9-8-19-14(21)10-13(3)15(22)23/h1,3,8-11H2,2,4-7H3,(H,19,21)(H,20,24)(H,22,23). The molecule has 0 saturated heterocycles. The normalized spacial score (nSPS) is 13.5. The smallest absolute Gasteiger partial charge is 0.331 e. The maximum absolute atomic E-state index is 12.5. The van der Waals surface area contributed by atoms with E-state index in [1.165, 1.54) is 0 Å².